The lowest BCUT2D eigenvalue weighted by Gasteiger charge is -2.03. The monoisotopic (exact) mass is 228 g/mol. The van der Waals surface area contributed by atoms with Crippen molar-refractivity contribution in [2.24, 2.45) is 0 Å². The fourth-order valence-corrected chi connectivity index (χ4v) is 1.53. The highest BCUT2D eigenvalue weighted by Crippen LogP contribution is 2.18. The largest absolute Gasteiger partial charge is 0.363 e. The van der Waals surface area contributed by atoms with Crippen LogP contribution in [0.4, 0.5) is 11.5 Å². The Bertz CT molecular complexity index is 716. The van der Waals surface area contributed by atoms with Crippen LogP contribution >= 0.6 is 0 Å². The Hall–Kier alpha value is -2.70. The summed E-state index contributed by atoms with van der Waals surface area (Å²) in [6.45, 7) is 0. The standard InChI is InChI=1S/C10H8N6O/c17-10-14-9(5-12-16-10)13-7-2-1-6-4-11-15-8(6)3-7/h1-5H,(H,11,15)(H2,13,14,16,17). The van der Waals surface area contributed by atoms with Crippen LogP contribution in [0.5, 0.6) is 0 Å². The molecule has 0 bridgehead atoms. The van der Waals surface area contributed by atoms with E-state index in [2.05, 4.69) is 30.7 Å². The van der Waals surface area contributed by atoms with Crippen molar-refractivity contribution in [1.29, 1.82) is 0 Å². The minimum atomic E-state index is -0.488. The van der Waals surface area contributed by atoms with Gasteiger partial charge in [-0.05, 0) is 18.2 Å². The molecular weight excluding hydrogens is 220 g/mol. The molecule has 2 aromatic heterocycles. The van der Waals surface area contributed by atoms with Gasteiger partial charge in [-0.3, -0.25) is 5.10 Å². The van der Waals surface area contributed by atoms with E-state index in [1.807, 2.05) is 18.2 Å². The van der Waals surface area contributed by atoms with Gasteiger partial charge in [-0.1, -0.05) is 0 Å². The molecule has 3 N–H and O–H groups in total. The Kier molecular flexibility index (Phi) is 2.08. The summed E-state index contributed by atoms with van der Waals surface area (Å²) in [5.74, 6) is 0.396. The first kappa shape index (κ1) is 9.52. The average Bonchev–Trinajstić information content (AvgIpc) is 2.76. The fourth-order valence-electron chi connectivity index (χ4n) is 1.53. The number of hydrogen-bond acceptors (Lipinski definition) is 5. The van der Waals surface area contributed by atoms with Crippen molar-refractivity contribution < 1.29 is 0 Å². The topological polar surface area (TPSA) is 99.3 Å². The van der Waals surface area contributed by atoms with Gasteiger partial charge >= 0.3 is 5.69 Å². The van der Waals surface area contributed by atoms with Crippen molar-refractivity contribution in [3.63, 3.8) is 0 Å². The van der Waals surface area contributed by atoms with E-state index in [0.717, 1.165) is 16.6 Å². The summed E-state index contributed by atoms with van der Waals surface area (Å²) in [5.41, 5.74) is 1.23. The number of nitrogens with one attached hydrogen (secondary N) is 3. The summed E-state index contributed by atoms with van der Waals surface area (Å²) in [6, 6.07) is 5.67. The molecule has 1 aromatic carbocycles. The third-order valence-electron chi connectivity index (χ3n) is 2.28. The van der Waals surface area contributed by atoms with E-state index in [0.29, 0.717) is 5.82 Å². The van der Waals surface area contributed by atoms with Crippen LogP contribution in [0.2, 0.25) is 0 Å². The third kappa shape index (κ3) is 1.85. The first-order valence-corrected chi connectivity index (χ1v) is 4.93. The highest BCUT2D eigenvalue weighted by Gasteiger charge is 2.00. The van der Waals surface area contributed by atoms with Gasteiger partial charge in [0.25, 0.3) is 0 Å². The molecule has 7 heteroatoms. The smallest absolute Gasteiger partial charge is 0.339 e. The lowest BCUT2D eigenvalue weighted by Crippen LogP contribution is -2.13. The van der Waals surface area contributed by atoms with Gasteiger partial charge in [0.2, 0.25) is 0 Å². The number of anilines is 2. The summed E-state index contributed by atoms with van der Waals surface area (Å²) in [7, 11) is 0. The molecule has 0 radical (unpaired) electrons. The predicted molar refractivity (Wildman–Crippen MR) is 62.0 cm³/mol. The van der Waals surface area contributed by atoms with Gasteiger partial charge in [0, 0.05) is 11.1 Å². The Morgan fingerprint density at radius 2 is 2.00 bits per heavy atom. The Morgan fingerprint density at radius 1 is 1.12 bits per heavy atom. The number of benzene rings is 1. The van der Waals surface area contributed by atoms with Gasteiger partial charge < -0.3 is 5.32 Å². The van der Waals surface area contributed by atoms with E-state index in [4.69, 9.17) is 0 Å². The minimum Gasteiger partial charge on any atom is -0.339 e. The van der Waals surface area contributed by atoms with Crippen LogP contribution in [0.1, 0.15) is 0 Å². The molecule has 84 valence electrons. The number of aromatic amines is 2. The quantitative estimate of drug-likeness (QED) is 0.602. The number of hydrogen-bond donors (Lipinski definition) is 3. The van der Waals surface area contributed by atoms with Crippen LogP contribution in [0, 0.1) is 0 Å². The summed E-state index contributed by atoms with van der Waals surface area (Å²) >= 11 is 0. The number of fused-ring (bicyclic) bond motifs is 1. The molecule has 0 aliphatic heterocycles. The Balaban J connectivity index is 1.96. The van der Waals surface area contributed by atoms with E-state index in [1.165, 1.54) is 6.20 Å². The number of H-pyrrole nitrogens is 2. The van der Waals surface area contributed by atoms with Crippen molar-refractivity contribution in [3.05, 3.63) is 41.1 Å². The molecule has 17 heavy (non-hydrogen) atoms. The summed E-state index contributed by atoms with van der Waals surface area (Å²) in [5, 5.41) is 16.7. The van der Waals surface area contributed by atoms with Crippen molar-refractivity contribution in [3.8, 4) is 0 Å². The summed E-state index contributed by atoms with van der Waals surface area (Å²) < 4.78 is 0. The van der Waals surface area contributed by atoms with E-state index in [9.17, 15) is 4.79 Å². The number of aromatic nitrogens is 5. The van der Waals surface area contributed by atoms with Crippen LogP contribution in [0.25, 0.3) is 10.9 Å². The molecule has 0 aliphatic carbocycles. The second-order valence-corrected chi connectivity index (χ2v) is 3.47. The van der Waals surface area contributed by atoms with E-state index in [-0.39, 0.29) is 0 Å². The lowest BCUT2D eigenvalue weighted by atomic mass is 10.2. The lowest BCUT2D eigenvalue weighted by molar-refractivity contribution is 0.919. The molecular formula is C10H8N6O. The van der Waals surface area contributed by atoms with Gasteiger partial charge in [-0.15, -0.1) is 0 Å². The summed E-state index contributed by atoms with van der Waals surface area (Å²) in [4.78, 5) is 14.7. The van der Waals surface area contributed by atoms with Gasteiger partial charge in [-0.25, -0.2) is 9.89 Å². The molecule has 7 nitrogen and oxygen atoms in total. The summed E-state index contributed by atoms with van der Waals surface area (Å²) in [6.07, 6.45) is 3.19. The van der Waals surface area contributed by atoms with E-state index in [1.54, 1.807) is 6.20 Å². The van der Waals surface area contributed by atoms with Gasteiger partial charge in [0.1, 0.15) is 0 Å². The van der Waals surface area contributed by atoms with Crippen LogP contribution in [-0.4, -0.2) is 25.4 Å². The highest BCUT2D eigenvalue weighted by atomic mass is 16.1. The van der Waals surface area contributed by atoms with Crippen molar-refractivity contribution >= 4 is 22.4 Å². The molecule has 0 atom stereocenters. The first-order chi connectivity index (χ1) is 8.31. The third-order valence-corrected chi connectivity index (χ3v) is 2.28. The maximum Gasteiger partial charge on any atom is 0.363 e. The first-order valence-electron chi connectivity index (χ1n) is 4.93. The van der Waals surface area contributed by atoms with Crippen LogP contribution in [-0.2, 0) is 0 Å². The van der Waals surface area contributed by atoms with E-state index < -0.39 is 5.69 Å². The molecule has 2 heterocycles. The van der Waals surface area contributed by atoms with Crippen LogP contribution in [0.3, 0.4) is 0 Å². The molecule has 0 aliphatic rings. The van der Waals surface area contributed by atoms with Crippen molar-refractivity contribution in [1.82, 2.24) is 25.4 Å². The Labute approximate surface area is 94.9 Å². The number of rotatable bonds is 2. The van der Waals surface area contributed by atoms with Gasteiger partial charge in [-0.2, -0.15) is 15.2 Å². The maximum absolute atomic E-state index is 11.0. The zero-order valence-corrected chi connectivity index (χ0v) is 8.64. The van der Waals surface area contributed by atoms with E-state index >= 15 is 0 Å². The zero-order chi connectivity index (χ0) is 11.7. The van der Waals surface area contributed by atoms with Crippen molar-refractivity contribution in [2.45, 2.75) is 0 Å². The molecule has 0 amide bonds. The maximum atomic E-state index is 11.0. The second kappa shape index (κ2) is 3.71. The van der Waals surface area contributed by atoms with Gasteiger partial charge in [0.15, 0.2) is 5.82 Å². The molecule has 0 fully saturated rings. The molecule has 3 aromatic rings. The molecule has 3 rings (SSSR count). The minimum absolute atomic E-state index is 0.396. The fraction of sp³-hybridized carbons (Fsp3) is 0. The average molecular weight is 228 g/mol. The molecule has 0 saturated heterocycles. The Morgan fingerprint density at radius 3 is 2.88 bits per heavy atom. The normalized spacial score (nSPS) is 10.6. The SMILES string of the molecule is O=c1nc(Nc2ccc3cn[nH]c3c2)cn[nH]1. The highest BCUT2D eigenvalue weighted by molar-refractivity contribution is 5.82. The zero-order valence-electron chi connectivity index (χ0n) is 8.64. The molecule has 0 unspecified atom stereocenters. The number of nitrogens with zero attached hydrogens (tertiary/aromatic N) is 3. The van der Waals surface area contributed by atoms with Gasteiger partial charge in [0.05, 0.1) is 17.9 Å². The molecule has 0 spiro atoms. The van der Waals surface area contributed by atoms with Crippen LogP contribution in [0.15, 0.2) is 35.4 Å². The predicted octanol–water partition coefficient (Wildman–Crippen LogP) is 0.785. The molecule has 0 saturated carbocycles. The second-order valence-electron chi connectivity index (χ2n) is 3.47. The van der Waals surface area contributed by atoms with Crippen LogP contribution < -0.4 is 11.0 Å². The van der Waals surface area contributed by atoms with Crippen molar-refractivity contribution in [2.75, 3.05) is 5.32 Å².